The number of unbranched alkanes of at least 4 members (excludes halogenated alkanes) is 1. The van der Waals surface area contributed by atoms with Crippen molar-refractivity contribution in [3.63, 3.8) is 0 Å². The number of hydrogen-bond donors (Lipinski definition) is 0. The van der Waals surface area contributed by atoms with E-state index in [4.69, 9.17) is 19.0 Å². The van der Waals surface area contributed by atoms with Crippen LogP contribution in [0.25, 0.3) is 0 Å². The summed E-state index contributed by atoms with van der Waals surface area (Å²) in [5, 5.41) is 1.68. The van der Waals surface area contributed by atoms with Gasteiger partial charge in [-0.3, -0.25) is 14.4 Å². The molecule has 2 saturated heterocycles. The first kappa shape index (κ1) is 26.6. The van der Waals surface area contributed by atoms with Crippen molar-refractivity contribution in [1.82, 2.24) is 0 Å². The van der Waals surface area contributed by atoms with Crippen molar-refractivity contribution in [1.29, 1.82) is 0 Å². The Morgan fingerprint density at radius 1 is 0.795 bits per heavy atom. The van der Waals surface area contributed by atoms with Crippen LogP contribution in [0.15, 0.2) is 72.8 Å². The largest absolute Gasteiger partial charge is 0.494 e. The van der Waals surface area contributed by atoms with Crippen LogP contribution in [0.3, 0.4) is 0 Å². The molecule has 3 aromatic carbocycles. The predicted octanol–water partition coefficient (Wildman–Crippen LogP) is 5.71. The van der Waals surface area contributed by atoms with E-state index in [9.17, 15) is 9.59 Å². The average molecular weight is 531 g/mol. The van der Waals surface area contributed by atoms with Crippen LogP contribution in [0.4, 0.5) is 11.4 Å². The Labute approximate surface area is 229 Å². The van der Waals surface area contributed by atoms with E-state index in [1.165, 1.54) is 4.90 Å². The highest BCUT2D eigenvalue weighted by atomic mass is 16.7. The molecule has 5 rings (SSSR count). The second kappa shape index (κ2) is 11.8. The number of fused-ring (bicyclic) bond motifs is 1. The first-order valence-electron chi connectivity index (χ1n) is 13.5. The lowest BCUT2D eigenvalue weighted by Crippen LogP contribution is -2.37. The number of anilines is 2. The molecule has 0 bridgehead atoms. The lowest BCUT2D eigenvalue weighted by molar-refractivity contribution is -0.126. The van der Waals surface area contributed by atoms with Crippen molar-refractivity contribution in [3.05, 3.63) is 78.4 Å². The molecular weight excluding hydrogens is 496 g/mol. The smallest absolute Gasteiger partial charge is 0.266 e. The Hall–Kier alpha value is -4.04. The first-order chi connectivity index (χ1) is 19.1. The van der Waals surface area contributed by atoms with Gasteiger partial charge in [-0.2, -0.15) is 0 Å². The molecule has 0 N–H and O–H groups in total. The van der Waals surface area contributed by atoms with Crippen LogP contribution in [0.2, 0.25) is 0 Å². The van der Waals surface area contributed by atoms with Gasteiger partial charge in [0, 0.05) is 0 Å². The second-order valence-corrected chi connectivity index (χ2v) is 9.62. The van der Waals surface area contributed by atoms with Crippen LogP contribution < -0.4 is 24.2 Å². The van der Waals surface area contributed by atoms with E-state index >= 15 is 0 Å². The fourth-order valence-electron chi connectivity index (χ4n) is 5.03. The van der Waals surface area contributed by atoms with Crippen LogP contribution in [-0.4, -0.2) is 38.2 Å². The van der Waals surface area contributed by atoms with Gasteiger partial charge in [0.05, 0.1) is 37.7 Å². The highest BCUT2D eigenvalue weighted by molar-refractivity contribution is 6.23. The number of rotatable bonds is 11. The molecular formula is C31H34N2O6. The van der Waals surface area contributed by atoms with E-state index in [2.05, 4.69) is 6.92 Å². The summed E-state index contributed by atoms with van der Waals surface area (Å²) in [6.07, 6.45) is 1.91. The Balaban J connectivity index is 1.48. The van der Waals surface area contributed by atoms with Crippen LogP contribution >= 0.6 is 0 Å². The van der Waals surface area contributed by atoms with E-state index in [1.807, 2.05) is 55.5 Å². The van der Waals surface area contributed by atoms with Crippen molar-refractivity contribution >= 4 is 23.2 Å². The maximum Gasteiger partial charge on any atom is 0.266 e. The molecule has 0 aromatic heterocycles. The first-order valence-corrected chi connectivity index (χ1v) is 13.5. The highest BCUT2D eigenvalue weighted by Gasteiger charge is 2.60. The minimum Gasteiger partial charge on any atom is -0.494 e. The van der Waals surface area contributed by atoms with Gasteiger partial charge < -0.3 is 14.2 Å². The summed E-state index contributed by atoms with van der Waals surface area (Å²) in [6.45, 7) is 5.33. The Kier molecular flexibility index (Phi) is 8.02. The van der Waals surface area contributed by atoms with E-state index in [-0.39, 0.29) is 11.8 Å². The summed E-state index contributed by atoms with van der Waals surface area (Å²) in [5.74, 6) is 0.450. The molecule has 3 atom stereocenters. The molecule has 3 unspecified atom stereocenters. The third-order valence-electron chi connectivity index (χ3n) is 6.98. The standard InChI is InChI=1S/C31H34N2O6/c1-4-6-19-37-24-15-13-22(14-16-24)32-30(34)27-28(21-12-17-25(38-18-5-2)26(20-21)36-3)33(39-29(27)31(32)35)23-10-8-7-9-11-23/h7-17,20,27-29H,4-6,18-19H2,1-3H3. The zero-order chi connectivity index (χ0) is 27.4. The van der Waals surface area contributed by atoms with Crippen molar-refractivity contribution in [3.8, 4) is 17.2 Å². The number of hydrogen-bond acceptors (Lipinski definition) is 7. The molecule has 8 heteroatoms. The third-order valence-corrected chi connectivity index (χ3v) is 6.98. The number of nitrogens with zero attached hydrogens (tertiary/aromatic N) is 2. The molecule has 0 radical (unpaired) electrons. The van der Waals surface area contributed by atoms with E-state index < -0.39 is 18.1 Å². The van der Waals surface area contributed by atoms with Gasteiger partial charge in [-0.1, -0.05) is 44.5 Å². The average Bonchev–Trinajstić information content (AvgIpc) is 3.48. The number of carbonyl (C=O) groups is 2. The summed E-state index contributed by atoms with van der Waals surface area (Å²) in [4.78, 5) is 35.0. The normalized spacial score (nSPS) is 20.3. The third kappa shape index (κ3) is 5.16. The molecule has 8 nitrogen and oxygen atoms in total. The fourth-order valence-corrected chi connectivity index (χ4v) is 5.03. The number of para-hydroxylation sites is 1. The molecule has 0 aliphatic carbocycles. The Morgan fingerprint density at radius 3 is 2.26 bits per heavy atom. The van der Waals surface area contributed by atoms with E-state index in [1.54, 1.807) is 36.4 Å². The van der Waals surface area contributed by atoms with Gasteiger partial charge in [0.2, 0.25) is 5.91 Å². The molecule has 0 saturated carbocycles. The number of benzene rings is 3. The van der Waals surface area contributed by atoms with Crippen LogP contribution in [0.1, 0.15) is 44.7 Å². The molecule has 3 aromatic rings. The SMILES string of the molecule is CCCCOc1ccc(N2C(=O)C3ON(c4ccccc4)C(c4ccc(OCCC)c(OC)c4)C3C2=O)cc1. The van der Waals surface area contributed by atoms with Gasteiger partial charge >= 0.3 is 0 Å². The summed E-state index contributed by atoms with van der Waals surface area (Å²) in [5.41, 5.74) is 2.04. The van der Waals surface area contributed by atoms with Gasteiger partial charge in [0.25, 0.3) is 5.91 Å². The van der Waals surface area contributed by atoms with E-state index in [0.717, 1.165) is 30.5 Å². The van der Waals surface area contributed by atoms with Crippen molar-refractivity contribution in [2.75, 3.05) is 30.3 Å². The fraction of sp³-hybridized carbons (Fsp3) is 0.355. The Bertz CT molecular complexity index is 1300. The topological polar surface area (TPSA) is 77.5 Å². The summed E-state index contributed by atoms with van der Waals surface area (Å²) in [7, 11) is 1.59. The number of ether oxygens (including phenoxy) is 3. The molecule has 2 heterocycles. The number of methoxy groups -OCH3 is 1. The monoisotopic (exact) mass is 530 g/mol. The van der Waals surface area contributed by atoms with Crippen LogP contribution in [0.5, 0.6) is 17.2 Å². The maximum atomic E-state index is 13.9. The van der Waals surface area contributed by atoms with Gasteiger partial charge in [0.1, 0.15) is 11.7 Å². The molecule has 204 valence electrons. The van der Waals surface area contributed by atoms with Crippen molar-refractivity contribution in [2.24, 2.45) is 5.92 Å². The van der Waals surface area contributed by atoms with Gasteiger partial charge in [-0.15, -0.1) is 0 Å². The van der Waals surface area contributed by atoms with Gasteiger partial charge in [-0.05, 0) is 66.9 Å². The second-order valence-electron chi connectivity index (χ2n) is 9.62. The zero-order valence-electron chi connectivity index (χ0n) is 22.5. The van der Waals surface area contributed by atoms with Gasteiger partial charge in [-0.25, -0.2) is 9.96 Å². The van der Waals surface area contributed by atoms with Crippen LogP contribution in [0, 0.1) is 5.92 Å². The minimum absolute atomic E-state index is 0.307. The molecule has 0 spiro atoms. The Morgan fingerprint density at radius 2 is 1.56 bits per heavy atom. The summed E-state index contributed by atoms with van der Waals surface area (Å²) < 4.78 is 17.2. The molecule has 2 fully saturated rings. The molecule has 2 aliphatic rings. The van der Waals surface area contributed by atoms with E-state index in [0.29, 0.717) is 36.1 Å². The van der Waals surface area contributed by atoms with Gasteiger partial charge in [0.15, 0.2) is 17.6 Å². The van der Waals surface area contributed by atoms with Crippen molar-refractivity contribution < 1.29 is 28.6 Å². The number of hydroxylamine groups is 1. The highest BCUT2D eigenvalue weighted by Crippen LogP contribution is 2.48. The van der Waals surface area contributed by atoms with Crippen LogP contribution in [-0.2, 0) is 14.4 Å². The lowest BCUT2D eigenvalue weighted by Gasteiger charge is -2.29. The molecule has 39 heavy (non-hydrogen) atoms. The molecule has 2 amide bonds. The summed E-state index contributed by atoms with van der Waals surface area (Å²) in [6, 6.07) is 21.6. The zero-order valence-corrected chi connectivity index (χ0v) is 22.5. The lowest BCUT2D eigenvalue weighted by atomic mass is 9.90. The number of carbonyl (C=O) groups excluding carboxylic acids is 2. The number of imide groups is 1. The quantitative estimate of drug-likeness (QED) is 0.232. The maximum absolute atomic E-state index is 13.9. The minimum atomic E-state index is -0.954. The summed E-state index contributed by atoms with van der Waals surface area (Å²) >= 11 is 0. The molecule has 2 aliphatic heterocycles. The number of amides is 2. The predicted molar refractivity (Wildman–Crippen MR) is 148 cm³/mol. The van der Waals surface area contributed by atoms with Crippen molar-refractivity contribution in [2.45, 2.75) is 45.3 Å².